The Hall–Kier alpha value is -3.02. The first-order chi connectivity index (χ1) is 10.1. The molecule has 1 aromatic heterocycles. The van der Waals surface area contributed by atoms with E-state index in [4.69, 9.17) is 9.15 Å². The second kappa shape index (κ2) is 6.42. The Morgan fingerprint density at radius 1 is 1.24 bits per heavy atom. The van der Waals surface area contributed by atoms with Crippen LogP contribution in [-0.2, 0) is 4.79 Å². The van der Waals surface area contributed by atoms with Gasteiger partial charge >= 0.3 is 0 Å². The van der Waals surface area contributed by atoms with Crippen molar-refractivity contribution in [1.82, 2.24) is 5.32 Å². The summed E-state index contributed by atoms with van der Waals surface area (Å²) in [5.74, 6) is -1.51. The molecule has 0 aliphatic heterocycles. The van der Waals surface area contributed by atoms with Gasteiger partial charge in [0.15, 0.2) is 5.76 Å². The molecule has 0 atom stereocenters. The molecule has 1 heterocycles. The highest BCUT2D eigenvalue weighted by atomic mass is 16.5. The van der Waals surface area contributed by atoms with Crippen LogP contribution in [0.5, 0.6) is 5.75 Å². The lowest BCUT2D eigenvalue weighted by atomic mass is 10.2. The van der Waals surface area contributed by atoms with E-state index in [1.807, 2.05) is 0 Å². The fraction of sp³-hybridized carbons (Fsp3) is 0.0667. The zero-order valence-corrected chi connectivity index (χ0v) is 11.2. The van der Waals surface area contributed by atoms with Gasteiger partial charge in [0.2, 0.25) is 0 Å². The van der Waals surface area contributed by atoms with Crippen LogP contribution in [0.4, 0.5) is 0 Å². The predicted molar refractivity (Wildman–Crippen MR) is 72.2 cm³/mol. The molecule has 0 bridgehead atoms. The molecule has 21 heavy (non-hydrogen) atoms. The number of furan rings is 1. The molecule has 0 saturated carbocycles. The van der Waals surface area contributed by atoms with Crippen LogP contribution in [0.25, 0.3) is 6.08 Å². The fourth-order valence-corrected chi connectivity index (χ4v) is 1.60. The molecule has 2 rings (SSSR count). The third-order valence-corrected chi connectivity index (χ3v) is 2.64. The molecule has 0 spiro atoms. The minimum absolute atomic E-state index is 0.0110. The Kier molecular flexibility index (Phi) is 4.40. The van der Waals surface area contributed by atoms with Crippen LogP contribution >= 0.6 is 0 Å². The second-order valence-electron chi connectivity index (χ2n) is 4.05. The lowest BCUT2D eigenvalue weighted by Crippen LogP contribution is -2.35. The average molecular weight is 286 g/mol. The largest absolute Gasteiger partial charge is 0.543 e. The summed E-state index contributed by atoms with van der Waals surface area (Å²) in [6.45, 7) is 0. The zero-order chi connectivity index (χ0) is 15.2. The van der Waals surface area contributed by atoms with Crippen molar-refractivity contribution < 1.29 is 23.8 Å². The van der Waals surface area contributed by atoms with Crippen molar-refractivity contribution in [3.8, 4) is 5.75 Å². The van der Waals surface area contributed by atoms with Crippen molar-refractivity contribution >= 4 is 18.0 Å². The molecular weight excluding hydrogens is 274 g/mol. The molecular formula is C15H12NO5-. The van der Waals surface area contributed by atoms with Crippen LogP contribution in [-0.4, -0.2) is 19.0 Å². The topological polar surface area (TPSA) is 91.6 Å². The molecule has 1 amide bonds. The van der Waals surface area contributed by atoms with Crippen molar-refractivity contribution in [2.24, 2.45) is 0 Å². The molecule has 6 heteroatoms. The smallest absolute Gasteiger partial charge is 0.291 e. The number of ether oxygens (including phenoxy) is 1. The number of nitrogens with one attached hydrogen (secondary N) is 1. The molecule has 2 aromatic rings. The minimum atomic E-state index is -1.49. The third kappa shape index (κ3) is 3.73. The molecule has 1 aromatic carbocycles. The number of hydrogen-bond acceptors (Lipinski definition) is 5. The second-order valence-corrected chi connectivity index (χ2v) is 4.05. The maximum Gasteiger partial charge on any atom is 0.291 e. The van der Waals surface area contributed by atoms with E-state index in [1.54, 1.807) is 24.3 Å². The summed E-state index contributed by atoms with van der Waals surface area (Å²) in [6, 6.07) is 9.61. The normalized spacial score (nSPS) is 11.0. The third-order valence-electron chi connectivity index (χ3n) is 2.64. The number of carboxylic acids is 1. The Balaban J connectivity index is 2.19. The fourth-order valence-electron chi connectivity index (χ4n) is 1.60. The lowest BCUT2D eigenvalue weighted by Gasteiger charge is -2.10. The van der Waals surface area contributed by atoms with E-state index in [1.165, 1.54) is 31.6 Å². The molecule has 0 saturated heterocycles. The summed E-state index contributed by atoms with van der Waals surface area (Å²) in [4.78, 5) is 22.8. The minimum Gasteiger partial charge on any atom is -0.543 e. The number of carbonyl (C=O) groups is 2. The zero-order valence-electron chi connectivity index (χ0n) is 11.2. The van der Waals surface area contributed by atoms with Gasteiger partial charge in [-0.25, -0.2) is 0 Å². The first kappa shape index (κ1) is 14.4. The molecule has 0 aliphatic rings. The predicted octanol–water partition coefficient (Wildman–Crippen LogP) is 0.809. The summed E-state index contributed by atoms with van der Waals surface area (Å²) in [5.41, 5.74) is 0.219. The molecule has 108 valence electrons. The van der Waals surface area contributed by atoms with Gasteiger partial charge in [0.25, 0.3) is 5.91 Å². The number of amides is 1. The number of carboxylic acid groups (broad SMARTS) is 1. The highest BCUT2D eigenvalue weighted by Crippen LogP contribution is 2.13. The van der Waals surface area contributed by atoms with Gasteiger partial charge in [0, 0.05) is 0 Å². The van der Waals surface area contributed by atoms with Crippen LogP contribution in [0.1, 0.15) is 16.1 Å². The van der Waals surface area contributed by atoms with E-state index >= 15 is 0 Å². The first-order valence-corrected chi connectivity index (χ1v) is 6.02. The van der Waals surface area contributed by atoms with Gasteiger partial charge < -0.3 is 24.4 Å². The Morgan fingerprint density at radius 3 is 2.48 bits per heavy atom. The SMILES string of the molecule is COc1ccc(/C=C(/NC(=O)c2ccco2)C(=O)[O-])cc1. The van der Waals surface area contributed by atoms with Crippen molar-refractivity contribution in [1.29, 1.82) is 0 Å². The standard InChI is InChI=1S/C15H13NO5/c1-20-11-6-4-10(5-7-11)9-12(15(18)19)16-14(17)13-3-2-8-21-13/h2-9H,1H3,(H,16,17)(H,18,19)/p-1/b12-9+. The average Bonchev–Trinajstić information content (AvgIpc) is 3.01. The van der Waals surface area contributed by atoms with Gasteiger partial charge in [-0.1, -0.05) is 12.1 Å². The summed E-state index contributed by atoms with van der Waals surface area (Å²) in [6.07, 6.45) is 2.61. The van der Waals surface area contributed by atoms with E-state index in [0.717, 1.165) is 0 Å². The van der Waals surface area contributed by atoms with Crippen LogP contribution in [0, 0.1) is 0 Å². The molecule has 6 nitrogen and oxygen atoms in total. The van der Waals surface area contributed by atoms with E-state index in [2.05, 4.69) is 5.32 Å². The van der Waals surface area contributed by atoms with Crippen molar-refractivity contribution in [3.05, 3.63) is 59.7 Å². The highest BCUT2D eigenvalue weighted by molar-refractivity contribution is 6.00. The van der Waals surface area contributed by atoms with Gasteiger partial charge in [0.05, 0.1) is 25.0 Å². The Labute approximate surface area is 120 Å². The monoisotopic (exact) mass is 286 g/mol. The van der Waals surface area contributed by atoms with Crippen molar-refractivity contribution in [2.75, 3.05) is 7.11 Å². The molecule has 0 unspecified atom stereocenters. The summed E-state index contributed by atoms with van der Waals surface area (Å²) >= 11 is 0. The van der Waals surface area contributed by atoms with E-state index in [0.29, 0.717) is 11.3 Å². The summed E-state index contributed by atoms with van der Waals surface area (Å²) < 4.78 is 9.89. The van der Waals surface area contributed by atoms with Crippen LogP contribution in [0.2, 0.25) is 0 Å². The number of hydrogen-bond donors (Lipinski definition) is 1. The highest BCUT2D eigenvalue weighted by Gasteiger charge is 2.11. The first-order valence-electron chi connectivity index (χ1n) is 6.02. The summed E-state index contributed by atoms with van der Waals surface area (Å²) in [7, 11) is 1.53. The van der Waals surface area contributed by atoms with Crippen LogP contribution in [0.3, 0.4) is 0 Å². The molecule has 0 radical (unpaired) electrons. The summed E-state index contributed by atoms with van der Waals surface area (Å²) in [5, 5.41) is 13.3. The lowest BCUT2D eigenvalue weighted by molar-refractivity contribution is -0.299. The molecule has 1 N–H and O–H groups in total. The molecule has 0 fully saturated rings. The number of aliphatic carboxylic acids is 1. The number of rotatable bonds is 5. The van der Waals surface area contributed by atoms with Crippen molar-refractivity contribution in [2.45, 2.75) is 0 Å². The van der Waals surface area contributed by atoms with Gasteiger partial charge in [-0.2, -0.15) is 0 Å². The van der Waals surface area contributed by atoms with E-state index < -0.39 is 11.9 Å². The van der Waals surface area contributed by atoms with Crippen LogP contribution < -0.4 is 15.2 Å². The number of benzene rings is 1. The van der Waals surface area contributed by atoms with E-state index in [-0.39, 0.29) is 11.5 Å². The van der Waals surface area contributed by atoms with Gasteiger partial charge in [0.1, 0.15) is 5.75 Å². The maximum atomic E-state index is 11.8. The Morgan fingerprint density at radius 2 is 1.95 bits per heavy atom. The maximum absolute atomic E-state index is 11.8. The van der Waals surface area contributed by atoms with Gasteiger partial charge in [-0.15, -0.1) is 0 Å². The number of methoxy groups -OCH3 is 1. The Bertz CT molecular complexity index is 656. The van der Waals surface area contributed by atoms with E-state index in [9.17, 15) is 14.7 Å². The van der Waals surface area contributed by atoms with Gasteiger partial charge in [-0.05, 0) is 35.9 Å². The van der Waals surface area contributed by atoms with Crippen molar-refractivity contribution in [3.63, 3.8) is 0 Å². The van der Waals surface area contributed by atoms with Crippen LogP contribution in [0.15, 0.2) is 52.8 Å². The van der Waals surface area contributed by atoms with Gasteiger partial charge in [-0.3, -0.25) is 4.79 Å². The number of carbonyl (C=O) groups excluding carboxylic acids is 2. The quantitative estimate of drug-likeness (QED) is 0.821. The molecule has 0 aliphatic carbocycles.